The summed E-state index contributed by atoms with van der Waals surface area (Å²) in [5, 5.41) is 2.82. The van der Waals surface area contributed by atoms with Crippen molar-refractivity contribution in [2.24, 2.45) is 0 Å². The number of carbonyl (C=O) groups is 1. The van der Waals surface area contributed by atoms with Gasteiger partial charge in [-0.15, -0.1) is 0 Å². The van der Waals surface area contributed by atoms with E-state index in [9.17, 15) is 4.79 Å². The molecular weight excluding hydrogens is 290 g/mol. The SMILES string of the molecule is CN(C)c1ncc(NC(=O)/C=C/c2ccccc2)c(N(C)C)n1. The summed E-state index contributed by atoms with van der Waals surface area (Å²) in [5.41, 5.74) is 1.54. The number of anilines is 3. The molecule has 0 unspecified atom stereocenters. The van der Waals surface area contributed by atoms with E-state index < -0.39 is 0 Å². The lowest BCUT2D eigenvalue weighted by atomic mass is 10.2. The van der Waals surface area contributed by atoms with Crippen molar-refractivity contribution >= 4 is 29.4 Å². The zero-order chi connectivity index (χ0) is 16.8. The van der Waals surface area contributed by atoms with Gasteiger partial charge >= 0.3 is 0 Å². The third kappa shape index (κ3) is 4.54. The highest BCUT2D eigenvalue weighted by Gasteiger charge is 2.11. The molecule has 0 saturated heterocycles. The third-order valence-electron chi connectivity index (χ3n) is 3.06. The molecule has 0 spiro atoms. The first-order chi connectivity index (χ1) is 11.0. The highest BCUT2D eigenvalue weighted by molar-refractivity contribution is 6.03. The zero-order valence-corrected chi connectivity index (χ0v) is 13.8. The van der Waals surface area contributed by atoms with Gasteiger partial charge < -0.3 is 15.1 Å². The van der Waals surface area contributed by atoms with E-state index in [1.165, 1.54) is 6.08 Å². The molecule has 0 fully saturated rings. The number of rotatable bonds is 5. The van der Waals surface area contributed by atoms with Crippen molar-refractivity contribution in [1.82, 2.24) is 9.97 Å². The number of benzene rings is 1. The normalized spacial score (nSPS) is 10.6. The fourth-order valence-electron chi connectivity index (χ4n) is 1.92. The summed E-state index contributed by atoms with van der Waals surface area (Å²) in [6, 6.07) is 9.66. The molecule has 1 aromatic carbocycles. The molecule has 0 aliphatic carbocycles. The molecule has 0 atom stereocenters. The Morgan fingerprint density at radius 3 is 2.39 bits per heavy atom. The van der Waals surface area contributed by atoms with Gasteiger partial charge in [0.15, 0.2) is 5.82 Å². The molecule has 23 heavy (non-hydrogen) atoms. The molecule has 6 nitrogen and oxygen atoms in total. The Balaban J connectivity index is 2.15. The maximum atomic E-state index is 12.1. The van der Waals surface area contributed by atoms with Crippen LogP contribution in [0.5, 0.6) is 0 Å². The highest BCUT2D eigenvalue weighted by Crippen LogP contribution is 2.22. The van der Waals surface area contributed by atoms with Gasteiger partial charge in [-0.1, -0.05) is 30.3 Å². The van der Waals surface area contributed by atoms with Crippen LogP contribution >= 0.6 is 0 Å². The molecule has 1 heterocycles. The summed E-state index contributed by atoms with van der Waals surface area (Å²) < 4.78 is 0. The second-order valence-corrected chi connectivity index (χ2v) is 5.43. The number of hydrogen-bond donors (Lipinski definition) is 1. The number of amides is 1. The molecule has 0 aliphatic rings. The third-order valence-corrected chi connectivity index (χ3v) is 3.06. The first-order valence-electron chi connectivity index (χ1n) is 7.23. The van der Waals surface area contributed by atoms with Crippen LogP contribution in [0.1, 0.15) is 5.56 Å². The summed E-state index contributed by atoms with van der Waals surface area (Å²) in [4.78, 5) is 24.4. The summed E-state index contributed by atoms with van der Waals surface area (Å²) in [6.07, 6.45) is 4.88. The van der Waals surface area contributed by atoms with Crippen molar-refractivity contribution < 1.29 is 4.79 Å². The maximum Gasteiger partial charge on any atom is 0.248 e. The summed E-state index contributed by atoms with van der Waals surface area (Å²) in [7, 11) is 7.49. The molecule has 120 valence electrons. The van der Waals surface area contributed by atoms with Gasteiger partial charge in [-0.05, 0) is 11.6 Å². The first kappa shape index (κ1) is 16.5. The van der Waals surface area contributed by atoms with Crippen LogP contribution in [0.25, 0.3) is 6.08 Å². The fraction of sp³-hybridized carbons (Fsp3) is 0.235. The van der Waals surface area contributed by atoms with Gasteiger partial charge in [-0.2, -0.15) is 4.98 Å². The van der Waals surface area contributed by atoms with E-state index in [1.807, 2.05) is 68.3 Å². The van der Waals surface area contributed by atoms with Gasteiger partial charge in [0.25, 0.3) is 0 Å². The van der Waals surface area contributed by atoms with E-state index in [0.29, 0.717) is 17.5 Å². The lowest BCUT2D eigenvalue weighted by Crippen LogP contribution is -2.20. The number of nitrogens with one attached hydrogen (secondary N) is 1. The minimum atomic E-state index is -0.224. The average Bonchev–Trinajstić information content (AvgIpc) is 2.54. The molecule has 2 rings (SSSR count). The molecule has 1 N–H and O–H groups in total. The predicted molar refractivity (Wildman–Crippen MR) is 94.8 cm³/mol. The van der Waals surface area contributed by atoms with E-state index in [4.69, 9.17) is 0 Å². The summed E-state index contributed by atoms with van der Waals surface area (Å²) >= 11 is 0. The van der Waals surface area contributed by atoms with Gasteiger partial charge in [0, 0.05) is 34.3 Å². The van der Waals surface area contributed by atoms with Crippen LogP contribution in [0.15, 0.2) is 42.6 Å². The second kappa shape index (κ2) is 7.40. The van der Waals surface area contributed by atoms with Crippen molar-refractivity contribution in [3.8, 4) is 0 Å². The number of nitrogens with zero attached hydrogens (tertiary/aromatic N) is 4. The van der Waals surface area contributed by atoms with Crippen molar-refractivity contribution in [3.05, 3.63) is 48.2 Å². The van der Waals surface area contributed by atoms with Crippen molar-refractivity contribution in [2.45, 2.75) is 0 Å². The molecule has 1 aromatic heterocycles. The van der Waals surface area contributed by atoms with Crippen molar-refractivity contribution in [2.75, 3.05) is 43.3 Å². The summed E-state index contributed by atoms with van der Waals surface area (Å²) in [5.74, 6) is 1.02. The standard InChI is InChI=1S/C17H21N5O/c1-21(2)16-14(12-18-17(20-16)22(3)4)19-15(23)11-10-13-8-6-5-7-9-13/h5-12H,1-4H3,(H,19,23)/b11-10+. The molecular formula is C17H21N5O. The van der Waals surface area contributed by atoms with Gasteiger partial charge in [-0.25, -0.2) is 4.98 Å². The zero-order valence-electron chi connectivity index (χ0n) is 13.8. The first-order valence-corrected chi connectivity index (χ1v) is 7.23. The topological polar surface area (TPSA) is 61.4 Å². The Kier molecular flexibility index (Phi) is 5.30. The molecule has 2 aromatic rings. The van der Waals surface area contributed by atoms with Crippen LogP contribution in [0.3, 0.4) is 0 Å². The Morgan fingerprint density at radius 2 is 1.78 bits per heavy atom. The van der Waals surface area contributed by atoms with E-state index in [-0.39, 0.29) is 5.91 Å². The second-order valence-electron chi connectivity index (χ2n) is 5.43. The smallest absolute Gasteiger partial charge is 0.248 e. The van der Waals surface area contributed by atoms with Gasteiger partial charge in [-0.3, -0.25) is 4.79 Å². The molecule has 0 bridgehead atoms. The van der Waals surface area contributed by atoms with Gasteiger partial charge in [0.2, 0.25) is 11.9 Å². The number of hydrogen-bond acceptors (Lipinski definition) is 5. The van der Waals surface area contributed by atoms with Crippen molar-refractivity contribution in [3.63, 3.8) is 0 Å². The number of aromatic nitrogens is 2. The highest BCUT2D eigenvalue weighted by atomic mass is 16.1. The minimum Gasteiger partial charge on any atom is -0.361 e. The van der Waals surface area contributed by atoms with Crippen LogP contribution in [0.2, 0.25) is 0 Å². The van der Waals surface area contributed by atoms with Crippen LogP contribution in [0.4, 0.5) is 17.5 Å². The maximum absolute atomic E-state index is 12.1. The molecule has 0 radical (unpaired) electrons. The van der Waals surface area contributed by atoms with Gasteiger partial charge in [0.05, 0.1) is 6.20 Å². The minimum absolute atomic E-state index is 0.224. The van der Waals surface area contributed by atoms with Crippen LogP contribution in [-0.2, 0) is 4.79 Å². The number of carbonyl (C=O) groups excluding carboxylic acids is 1. The largest absolute Gasteiger partial charge is 0.361 e. The predicted octanol–water partition coefficient (Wildman–Crippen LogP) is 2.26. The molecule has 6 heteroatoms. The quantitative estimate of drug-likeness (QED) is 0.858. The van der Waals surface area contributed by atoms with E-state index in [1.54, 1.807) is 12.3 Å². The molecule has 0 aliphatic heterocycles. The Bertz CT molecular complexity index is 695. The average molecular weight is 311 g/mol. The molecule has 0 saturated carbocycles. The van der Waals surface area contributed by atoms with Crippen LogP contribution in [0, 0.1) is 0 Å². The molecule has 1 amide bonds. The fourth-order valence-corrected chi connectivity index (χ4v) is 1.92. The van der Waals surface area contributed by atoms with Crippen LogP contribution in [-0.4, -0.2) is 44.1 Å². The summed E-state index contributed by atoms with van der Waals surface area (Å²) in [6.45, 7) is 0. The van der Waals surface area contributed by atoms with Gasteiger partial charge in [0.1, 0.15) is 5.69 Å². The Morgan fingerprint density at radius 1 is 1.09 bits per heavy atom. The Labute approximate surface area is 136 Å². The van der Waals surface area contributed by atoms with Crippen LogP contribution < -0.4 is 15.1 Å². The lowest BCUT2D eigenvalue weighted by molar-refractivity contribution is -0.111. The van der Waals surface area contributed by atoms with E-state index in [2.05, 4.69) is 15.3 Å². The Hall–Kier alpha value is -2.89. The van der Waals surface area contributed by atoms with E-state index >= 15 is 0 Å². The van der Waals surface area contributed by atoms with Crippen molar-refractivity contribution in [1.29, 1.82) is 0 Å². The monoisotopic (exact) mass is 311 g/mol. The van der Waals surface area contributed by atoms with E-state index in [0.717, 1.165) is 5.56 Å². The lowest BCUT2D eigenvalue weighted by Gasteiger charge is -2.18.